The first kappa shape index (κ1) is 17.9. The summed E-state index contributed by atoms with van der Waals surface area (Å²) in [6.07, 6.45) is 5.29. The molecule has 0 bridgehead atoms. The number of aryl methyl sites for hydroxylation is 2. The van der Waals surface area contributed by atoms with Crippen molar-refractivity contribution in [3.8, 4) is 11.4 Å². The number of carbonyl (C=O) groups is 1. The Kier molecular flexibility index (Phi) is 4.65. The van der Waals surface area contributed by atoms with Gasteiger partial charge in [-0.15, -0.1) is 0 Å². The minimum Gasteiger partial charge on any atom is -0.464 e. The zero-order chi connectivity index (χ0) is 19.7. The fourth-order valence-electron chi connectivity index (χ4n) is 3.10. The lowest BCUT2D eigenvalue weighted by Crippen LogP contribution is -2.28. The van der Waals surface area contributed by atoms with Gasteiger partial charge in [0, 0.05) is 28.9 Å². The van der Waals surface area contributed by atoms with Crippen molar-refractivity contribution in [2.75, 3.05) is 0 Å². The van der Waals surface area contributed by atoms with Crippen LogP contribution >= 0.6 is 0 Å². The maximum Gasteiger partial charge on any atom is 0.225 e. The number of nitrogens with zero attached hydrogens (tertiary/aromatic N) is 3. The minimum atomic E-state index is -0.299. The van der Waals surface area contributed by atoms with Gasteiger partial charge < -0.3 is 9.73 Å². The normalized spacial score (nSPS) is 12.2. The quantitative estimate of drug-likeness (QED) is 0.555. The lowest BCUT2D eigenvalue weighted by atomic mass is 10.0. The smallest absolute Gasteiger partial charge is 0.225 e. The van der Waals surface area contributed by atoms with E-state index < -0.39 is 0 Å². The second-order valence-corrected chi connectivity index (χ2v) is 6.95. The van der Waals surface area contributed by atoms with Gasteiger partial charge >= 0.3 is 0 Å². The number of pyridine rings is 1. The first-order chi connectivity index (χ1) is 13.5. The van der Waals surface area contributed by atoms with Crippen LogP contribution in [0.25, 0.3) is 22.4 Å². The minimum absolute atomic E-state index is 0.104. The second-order valence-electron chi connectivity index (χ2n) is 6.95. The summed E-state index contributed by atoms with van der Waals surface area (Å²) in [7, 11) is 0. The molecule has 1 amide bonds. The van der Waals surface area contributed by atoms with Crippen molar-refractivity contribution in [1.29, 1.82) is 0 Å². The molecule has 3 heterocycles. The van der Waals surface area contributed by atoms with Gasteiger partial charge in [-0.3, -0.25) is 14.9 Å². The van der Waals surface area contributed by atoms with Crippen LogP contribution in [0.1, 0.15) is 35.5 Å². The highest BCUT2D eigenvalue weighted by atomic mass is 16.3. The van der Waals surface area contributed by atoms with E-state index in [9.17, 15) is 4.79 Å². The molecule has 4 rings (SSSR count). The molecule has 1 aromatic carbocycles. The zero-order valence-corrected chi connectivity index (χ0v) is 16.0. The summed E-state index contributed by atoms with van der Waals surface area (Å²) in [6.45, 7) is 5.96. The predicted octanol–water partition coefficient (Wildman–Crippen LogP) is 3.65. The molecule has 2 N–H and O–H groups in total. The standard InChI is InChI=1S/C21H21N5O2/c1-12-7-17-16(11-28-18(17)8-13(12)2)9-19(27)23-14(3)20-24-21(26-25-20)15-5-4-6-22-10-15/h4-8,10-11,14H,9H2,1-3H3,(H,23,27)(H,24,25,26)/t14-/m0/s1. The van der Waals surface area contributed by atoms with E-state index >= 15 is 0 Å². The van der Waals surface area contributed by atoms with Crippen molar-refractivity contribution in [2.24, 2.45) is 0 Å². The van der Waals surface area contributed by atoms with Crippen LogP contribution in [0.5, 0.6) is 0 Å². The van der Waals surface area contributed by atoms with E-state index in [2.05, 4.69) is 38.5 Å². The van der Waals surface area contributed by atoms with Gasteiger partial charge in [0.1, 0.15) is 11.4 Å². The van der Waals surface area contributed by atoms with Crippen molar-refractivity contribution in [3.05, 3.63) is 65.4 Å². The van der Waals surface area contributed by atoms with E-state index in [4.69, 9.17) is 4.42 Å². The maximum absolute atomic E-state index is 12.5. The molecule has 0 aliphatic carbocycles. The van der Waals surface area contributed by atoms with E-state index in [1.807, 2.05) is 32.0 Å². The van der Waals surface area contributed by atoms with Gasteiger partial charge in [0.25, 0.3) is 0 Å². The molecule has 7 heteroatoms. The van der Waals surface area contributed by atoms with Crippen LogP contribution in [0, 0.1) is 13.8 Å². The zero-order valence-electron chi connectivity index (χ0n) is 16.0. The first-order valence-electron chi connectivity index (χ1n) is 9.10. The van der Waals surface area contributed by atoms with Crippen LogP contribution in [0.15, 0.2) is 47.3 Å². The summed E-state index contributed by atoms with van der Waals surface area (Å²) >= 11 is 0. The second kappa shape index (κ2) is 7.26. The Morgan fingerprint density at radius 1 is 1.29 bits per heavy atom. The molecule has 28 heavy (non-hydrogen) atoms. The largest absolute Gasteiger partial charge is 0.464 e. The Bertz CT molecular complexity index is 1130. The Labute approximate surface area is 162 Å². The molecule has 0 saturated carbocycles. The summed E-state index contributed by atoms with van der Waals surface area (Å²) in [5.74, 6) is 1.04. The van der Waals surface area contributed by atoms with Crippen molar-refractivity contribution < 1.29 is 9.21 Å². The average Bonchev–Trinajstić information content (AvgIpc) is 3.31. The fraction of sp³-hybridized carbons (Fsp3) is 0.238. The summed E-state index contributed by atoms with van der Waals surface area (Å²) in [6, 6.07) is 7.49. The van der Waals surface area contributed by atoms with Crippen molar-refractivity contribution in [2.45, 2.75) is 33.2 Å². The molecule has 142 valence electrons. The van der Waals surface area contributed by atoms with Crippen LogP contribution < -0.4 is 5.32 Å². The third-order valence-corrected chi connectivity index (χ3v) is 4.83. The number of furan rings is 1. The molecule has 0 fully saturated rings. The Balaban J connectivity index is 1.45. The molecule has 0 aliphatic rings. The first-order valence-corrected chi connectivity index (χ1v) is 9.10. The van der Waals surface area contributed by atoms with Crippen LogP contribution in [-0.4, -0.2) is 26.1 Å². The van der Waals surface area contributed by atoms with Crippen molar-refractivity contribution in [1.82, 2.24) is 25.5 Å². The molecular formula is C21H21N5O2. The number of rotatable bonds is 5. The number of aromatic amines is 1. The number of fused-ring (bicyclic) bond motifs is 1. The van der Waals surface area contributed by atoms with Gasteiger partial charge in [-0.2, -0.15) is 5.10 Å². The number of benzene rings is 1. The monoisotopic (exact) mass is 375 g/mol. The molecule has 0 radical (unpaired) electrons. The Morgan fingerprint density at radius 3 is 2.89 bits per heavy atom. The van der Waals surface area contributed by atoms with Gasteiger partial charge in [-0.25, -0.2) is 4.98 Å². The molecule has 7 nitrogen and oxygen atoms in total. The summed E-state index contributed by atoms with van der Waals surface area (Å²) in [5, 5.41) is 11.0. The number of H-pyrrole nitrogens is 1. The topological polar surface area (TPSA) is 96.7 Å². The predicted molar refractivity (Wildman–Crippen MR) is 106 cm³/mol. The molecular weight excluding hydrogens is 354 g/mol. The number of hydrogen-bond donors (Lipinski definition) is 2. The van der Waals surface area contributed by atoms with Crippen molar-refractivity contribution in [3.63, 3.8) is 0 Å². The molecule has 3 aromatic heterocycles. The fourth-order valence-corrected chi connectivity index (χ4v) is 3.10. The molecule has 1 atom stereocenters. The highest BCUT2D eigenvalue weighted by molar-refractivity contribution is 5.88. The highest BCUT2D eigenvalue weighted by Crippen LogP contribution is 2.25. The number of amides is 1. The molecule has 0 aliphatic heterocycles. The van der Waals surface area contributed by atoms with Crippen molar-refractivity contribution >= 4 is 16.9 Å². The molecule has 0 spiro atoms. The van der Waals surface area contributed by atoms with E-state index in [0.717, 1.165) is 22.1 Å². The SMILES string of the molecule is Cc1cc2occ(CC(=O)N[C@@H](C)c3nc(-c4cccnc4)n[nH]3)c2cc1C. The van der Waals surface area contributed by atoms with Gasteiger partial charge in [-0.05, 0) is 56.2 Å². The van der Waals surface area contributed by atoms with Gasteiger partial charge in [0.2, 0.25) is 5.91 Å². The molecule has 0 saturated heterocycles. The summed E-state index contributed by atoms with van der Waals surface area (Å²) in [4.78, 5) is 21.1. The van der Waals surface area contributed by atoms with Crippen LogP contribution in [0.3, 0.4) is 0 Å². The molecule has 0 unspecified atom stereocenters. The Morgan fingerprint density at radius 2 is 2.11 bits per heavy atom. The average molecular weight is 375 g/mol. The highest BCUT2D eigenvalue weighted by Gasteiger charge is 2.17. The van der Waals surface area contributed by atoms with E-state index in [0.29, 0.717) is 11.6 Å². The summed E-state index contributed by atoms with van der Waals surface area (Å²) in [5.41, 5.74) is 4.83. The maximum atomic E-state index is 12.5. The van der Waals surface area contributed by atoms with E-state index in [1.54, 1.807) is 18.7 Å². The number of nitrogens with one attached hydrogen (secondary N) is 2. The lowest BCUT2D eigenvalue weighted by molar-refractivity contribution is -0.121. The number of hydrogen-bond acceptors (Lipinski definition) is 5. The molecule has 4 aromatic rings. The summed E-state index contributed by atoms with van der Waals surface area (Å²) < 4.78 is 5.61. The lowest BCUT2D eigenvalue weighted by Gasteiger charge is -2.10. The third kappa shape index (κ3) is 3.51. The third-order valence-electron chi connectivity index (χ3n) is 4.83. The van der Waals surface area contributed by atoms with Gasteiger partial charge in [-0.1, -0.05) is 0 Å². The van der Waals surface area contributed by atoms with Gasteiger partial charge in [0.15, 0.2) is 5.82 Å². The van der Waals surface area contributed by atoms with Crippen LogP contribution in [0.4, 0.5) is 0 Å². The van der Waals surface area contributed by atoms with E-state index in [1.165, 1.54) is 11.1 Å². The Hall–Kier alpha value is -3.48. The van der Waals surface area contributed by atoms with E-state index in [-0.39, 0.29) is 18.4 Å². The van der Waals surface area contributed by atoms with Crippen LogP contribution in [-0.2, 0) is 11.2 Å². The number of carbonyl (C=O) groups excluding carboxylic acids is 1. The van der Waals surface area contributed by atoms with Gasteiger partial charge in [0.05, 0.1) is 18.7 Å². The number of aromatic nitrogens is 4. The van der Waals surface area contributed by atoms with Crippen LogP contribution in [0.2, 0.25) is 0 Å².